The first kappa shape index (κ1) is 11.1. The molecule has 0 amide bonds. The molecule has 0 fully saturated rings. The Bertz CT molecular complexity index is 421. The number of aliphatic hydroxyl groups excluding tert-OH is 1. The molecule has 0 unspecified atom stereocenters. The third kappa shape index (κ3) is 5.37. The highest BCUT2D eigenvalue weighted by Crippen LogP contribution is 1.94. The number of hydrogen-bond acceptors (Lipinski definition) is 1. The van der Waals surface area contributed by atoms with E-state index >= 15 is 0 Å². The third-order valence-electron chi connectivity index (χ3n) is 1.58. The van der Waals surface area contributed by atoms with Gasteiger partial charge in [-0.25, -0.2) is 0 Å². The first-order chi connectivity index (χ1) is 7.43. The lowest BCUT2D eigenvalue weighted by Gasteiger charge is -1.83. The Balaban J connectivity index is 2.45. The van der Waals surface area contributed by atoms with E-state index in [4.69, 9.17) is 5.11 Å². The van der Waals surface area contributed by atoms with Gasteiger partial charge in [-0.2, -0.15) is 0 Å². The average Bonchev–Trinajstić information content (AvgIpc) is 2.29. The fourth-order valence-electron chi connectivity index (χ4n) is 0.917. The van der Waals surface area contributed by atoms with E-state index in [-0.39, 0.29) is 6.61 Å². The molecule has 1 rings (SSSR count). The zero-order valence-electron chi connectivity index (χ0n) is 8.40. The molecular weight excluding hydrogens is 184 g/mol. The number of rotatable bonds is 1. The van der Waals surface area contributed by atoms with Crippen molar-refractivity contribution in [2.45, 2.75) is 6.42 Å². The number of benzene rings is 1. The molecule has 0 aromatic heterocycles. The van der Waals surface area contributed by atoms with Crippen molar-refractivity contribution >= 4 is 0 Å². The van der Waals surface area contributed by atoms with Crippen LogP contribution in [0.15, 0.2) is 42.5 Å². The van der Waals surface area contributed by atoms with Crippen molar-refractivity contribution in [2.75, 3.05) is 6.61 Å². The van der Waals surface area contributed by atoms with E-state index in [9.17, 15) is 0 Å². The van der Waals surface area contributed by atoms with Crippen molar-refractivity contribution in [2.24, 2.45) is 0 Å². The Labute approximate surface area is 90.5 Å². The quantitative estimate of drug-likeness (QED) is 0.681. The molecule has 74 valence electrons. The van der Waals surface area contributed by atoms with Crippen molar-refractivity contribution in [3.63, 3.8) is 0 Å². The normalized spacial score (nSPS) is 8.87. The van der Waals surface area contributed by atoms with Crippen LogP contribution in [0.2, 0.25) is 0 Å². The lowest BCUT2D eigenvalue weighted by atomic mass is 10.2. The molecule has 1 N–H and O–H groups in total. The second kappa shape index (κ2) is 7.44. The molecule has 0 radical (unpaired) electrons. The summed E-state index contributed by atoms with van der Waals surface area (Å²) in [5.74, 6) is 11.4. The van der Waals surface area contributed by atoms with E-state index in [1.807, 2.05) is 30.3 Å². The van der Waals surface area contributed by atoms with Crippen LogP contribution < -0.4 is 0 Å². The van der Waals surface area contributed by atoms with Gasteiger partial charge >= 0.3 is 0 Å². The summed E-state index contributed by atoms with van der Waals surface area (Å²) in [4.78, 5) is 0. The molecule has 0 aliphatic carbocycles. The molecule has 1 aromatic rings. The number of aliphatic hydroxyl groups is 1. The summed E-state index contributed by atoms with van der Waals surface area (Å²) in [7, 11) is 0. The maximum atomic E-state index is 8.46. The van der Waals surface area contributed by atoms with Gasteiger partial charge in [-0.3, -0.25) is 0 Å². The topological polar surface area (TPSA) is 20.2 Å². The lowest BCUT2D eigenvalue weighted by molar-refractivity contribution is 0.305. The molecular formula is C14H12O. The van der Waals surface area contributed by atoms with Gasteiger partial charge in [0.25, 0.3) is 0 Å². The molecule has 1 aromatic carbocycles. The minimum absolute atomic E-state index is 0.108. The van der Waals surface area contributed by atoms with Crippen molar-refractivity contribution in [3.8, 4) is 23.7 Å². The summed E-state index contributed by atoms with van der Waals surface area (Å²) in [5.41, 5.74) is 0.991. The second-order valence-electron chi connectivity index (χ2n) is 2.76. The van der Waals surface area contributed by atoms with E-state index in [0.717, 1.165) is 5.56 Å². The van der Waals surface area contributed by atoms with Gasteiger partial charge in [0.15, 0.2) is 0 Å². The Morgan fingerprint density at radius 2 is 1.80 bits per heavy atom. The molecule has 15 heavy (non-hydrogen) atoms. The van der Waals surface area contributed by atoms with Crippen molar-refractivity contribution in [1.82, 2.24) is 0 Å². The maximum absolute atomic E-state index is 8.46. The van der Waals surface area contributed by atoms with Gasteiger partial charge in [-0.15, -0.1) is 0 Å². The van der Waals surface area contributed by atoms with E-state index in [2.05, 4.69) is 23.7 Å². The minimum atomic E-state index is 0.108. The first-order valence-electron chi connectivity index (χ1n) is 4.74. The zero-order chi connectivity index (χ0) is 10.8. The van der Waals surface area contributed by atoms with Gasteiger partial charge in [0.05, 0.1) is 6.61 Å². The first-order valence-corrected chi connectivity index (χ1v) is 4.74. The van der Waals surface area contributed by atoms with Crippen LogP contribution in [0.5, 0.6) is 0 Å². The van der Waals surface area contributed by atoms with Crippen LogP contribution in [-0.2, 0) is 0 Å². The van der Waals surface area contributed by atoms with Crippen molar-refractivity contribution in [3.05, 3.63) is 48.0 Å². The molecule has 0 spiro atoms. The predicted octanol–water partition coefficient (Wildman–Crippen LogP) is 1.98. The van der Waals surface area contributed by atoms with E-state index in [1.54, 1.807) is 12.2 Å². The minimum Gasteiger partial charge on any atom is -0.395 e. The highest BCUT2D eigenvalue weighted by atomic mass is 16.2. The van der Waals surface area contributed by atoms with E-state index in [0.29, 0.717) is 6.42 Å². The van der Waals surface area contributed by atoms with E-state index in [1.165, 1.54) is 0 Å². The highest BCUT2D eigenvalue weighted by molar-refractivity contribution is 5.37. The molecule has 0 atom stereocenters. The van der Waals surface area contributed by atoms with Crippen LogP contribution in [0.1, 0.15) is 12.0 Å². The summed E-state index contributed by atoms with van der Waals surface area (Å²) in [6, 6.07) is 9.78. The summed E-state index contributed by atoms with van der Waals surface area (Å²) in [6.45, 7) is 0.108. The zero-order valence-corrected chi connectivity index (χ0v) is 8.40. The van der Waals surface area contributed by atoms with E-state index < -0.39 is 0 Å². The molecule has 0 bridgehead atoms. The number of allylic oxidation sites excluding steroid dienone is 2. The molecule has 1 heteroatoms. The Kier molecular flexibility index (Phi) is 5.52. The molecule has 0 heterocycles. The predicted molar refractivity (Wildman–Crippen MR) is 61.9 cm³/mol. The van der Waals surface area contributed by atoms with Crippen molar-refractivity contribution < 1.29 is 5.11 Å². The maximum Gasteiger partial charge on any atom is 0.0540 e. The summed E-state index contributed by atoms with van der Waals surface area (Å²) >= 11 is 0. The van der Waals surface area contributed by atoms with Gasteiger partial charge in [-0.1, -0.05) is 41.9 Å². The summed E-state index contributed by atoms with van der Waals surface area (Å²) < 4.78 is 0. The van der Waals surface area contributed by atoms with Gasteiger partial charge in [0.2, 0.25) is 0 Å². The van der Waals surface area contributed by atoms with Gasteiger partial charge < -0.3 is 5.11 Å². The fourth-order valence-corrected chi connectivity index (χ4v) is 0.917. The third-order valence-corrected chi connectivity index (χ3v) is 1.58. The molecule has 0 aliphatic rings. The Morgan fingerprint density at radius 1 is 1.07 bits per heavy atom. The molecule has 1 nitrogen and oxygen atoms in total. The molecule has 0 saturated carbocycles. The van der Waals surface area contributed by atoms with Crippen LogP contribution in [0, 0.1) is 23.7 Å². The highest BCUT2D eigenvalue weighted by Gasteiger charge is 1.78. The second-order valence-corrected chi connectivity index (χ2v) is 2.76. The van der Waals surface area contributed by atoms with Crippen LogP contribution in [0.3, 0.4) is 0 Å². The largest absolute Gasteiger partial charge is 0.395 e. The van der Waals surface area contributed by atoms with Gasteiger partial charge in [-0.05, 0) is 24.3 Å². The Morgan fingerprint density at radius 3 is 2.53 bits per heavy atom. The number of hydrogen-bond donors (Lipinski definition) is 1. The van der Waals surface area contributed by atoms with Crippen LogP contribution >= 0.6 is 0 Å². The average molecular weight is 196 g/mol. The standard InChI is InChI=1S/C14H12O/c15-13-9-4-2-1-3-6-10-14-11-7-5-8-12-14/h1,3,5,7-8,11-12,15H,9,13H2/b3-1-. The SMILES string of the molecule is OCCC#C/C=C\C#Cc1ccccc1. The smallest absolute Gasteiger partial charge is 0.0540 e. The fraction of sp³-hybridized carbons (Fsp3) is 0.143. The summed E-state index contributed by atoms with van der Waals surface area (Å²) in [5, 5.41) is 8.46. The summed E-state index contributed by atoms with van der Waals surface area (Å²) in [6.07, 6.45) is 3.90. The van der Waals surface area contributed by atoms with Gasteiger partial charge in [0.1, 0.15) is 0 Å². The monoisotopic (exact) mass is 196 g/mol. The van der Waals surface area contributed by atoms with Gasteiger partial charge in [0, 0.05) is 12.0 Å². The molecule has 0 aliphatic heterocycles. The molecule has 0 saturated heterocycles. The lowest BCUT2D eigenvalue weighted by Crippen LogP contribution is -1.74. The van der Waals surface area contributed by atoms with Crippen LogP contribution in [0.4, 0.5) is 0 Å². The van der Waals surface area contributed by atoms with Crippen LogP contribution in [-0.4, -0.2) is 11.7 Å². The van der Waals surface area contributed by atoms with Crippen LogP contribution in [0.25, 0.3) is 0 Å². The van der Waals surface area contributed by atoms with Crippen molar-refractivity contribution in [1.29, 1.82) is 0 Å². The Hall–Kier alpha value is -1.96.